The predicted octanol–water partition coefficient (Wildman–Crippen LogP) is 1.00. The highest BCUT2D eigenvalue weighted by Gasteiger charge is 2.60. The minimum atomic E-state index is -0.810. The number of carbonyl (C=O) groups is 2. The summed E-state index contributed by atoms with van der Waals surface area (Å²) in [5.74, 6) is -1.71. The maximum absolute atomic E-state index is 11.4. The van der Waals surface area contributed by atoms with Crippen LogP contribution in [0.1, 0.15) is 13.8 Å². The minimum absolute atomic E-state index is 0.0867. The van der Waals surface area contributed by atoms with Crippen molar-refractivity contribution in [2.45, 2.75) is 13.8 Å². The molecule has 1 rings (SSSR count). The number of hydrogen-bond donors (Lipinski definition) is 1. The first-order valence-electron chi connectivity index (χ1n) is 5.99. The molecule has 0 aliphatic heterocycles. The summed E-state index contributed by atoms with van der Waals surface area (Å²) >= 11 is 0. The third-order valence-electron chi connectivity index (χ3n) is 3.40. The second-order valence-electron chi connectivity index (χ2n) is 5.49. The van der Waals surface area contributed by atoms with Crippen molar-refractivity contribution in [1.82, 2.24) is 4.90 Å². The van der Waals surface area contributed by atoms with E-state index in [4.69, 9.17) is 9.84 Å². The van der Waals surface area contributed by atoms with E-state index in [1.54, 1.807) is 6.08 Å². The van der Waals surface area contributed by atoms with E-state index in [2.05, 4.69) is 0 Å². The van der Waals surface area contributed by atoms with Crippen molar-refractivity contribution in [2.75, 3.05) is 27.2 Å². The van der Waals surface area contributed by atoms with Gasteiger partial charge in [-0.2, -0.15) is 0 Å². The number of carboxylic acid groups (broad SMARTS) is 1. The molecule has 5 heteroatoms. The molecule has 2 unspecified atom stereocenters. The van der Waals surface area contributed by atoms with Crippen LogP contribution in [0.15, 0.2) is 12.2 Å². The number of carbonyl (C=O) groups excluding carboxylic acids is 1. The lowest BCUT2D eigenvalue weighted by Gasteiger charge is -2.08. The van der Waals surface area contributed by atoms with E-state index in [9.17, 15) is 9.59 Å². The van der Waals surface area contributed by atoms with Gasteiger partial charge in [0.2, 0.25) is 0 Å². The third-order valence-corrected chi connectivity index (χ3v) is 3.40. The van der Waals surface area contributed by atoms with Crippen LogP contribution in [-0.4, -0.2) is 49.2 Å². The van der Waals surface area contributed by atoms with Crippen LogP contribution in [0.3, 0.4) is 0 Å². The molecule has 5 nitrogen and oxygen atoms in total. The molecule has 0 bridgehead atoms. The van der Waals surface area contributed by atoms with Gasteiger partial charge in [-0.25, -0.2) is 4.79 Å². The Morgan fingerprint density at radius 1 is 1.39 bits per heavy atom. The molecule has 1 saturated carbocycles. The average molecular weight is 255 g/mol. The largest absolute Gasteiger partial charge is 0.481 e. The molecular formula is C13H21NO4. The lowest BCUT2D eigenvalue weighted by Crippen LogP contribution is -2.19. The van der Waals surface area contributed by atoms with Crippen molar-refractivity contribution in [1.29, 1.82) is 0 Å². The fraction of sp³-hybridized carbons (Fsp3) is 0.692. The minimum Gasteiger partial charge on any atom is -0.481 e. The second kappa shape index (κ2) is 5.52. The highest BCUT2D eigenvalue weighted by atomic mass is 16.5. The maximum Gasteiger partial charge on any atom is 0.330 e. The standard InChI is InChI=1S/C13H21NO4/c1-13(2)9(11(13)12(16)17)5-6-10(15)18-8-7-14(3)4/h5-6,9,11H,7-8H2,1-4H3,(H,16,17)/b6-5-. The molecule has 18 heavy (non-hydrogen) atoms. The van der Waals surface area contributed by atoms with Gasteiger partial charge in [-0.15, -0.1) is 0 Å². The summed E-state index contributed by atoms with van der Waals surface area (Å²) < 4.78 is 4.98. The fourth-order valence-corrected chi connectivity index (χ4v) is 2.07. The Kier molecular flexibility index (Phi) is 4.51. The molecule has 0 aromatic carbocycles. The normalized spacial score (nSPS) is 25.4. The Morgan fingerprint density at radius 3 is 2.44 bits per heavy atom. The Hall–Kier alpha value is -1.36. The summed E-state index contributed by atoms with van der Waals surface area (Å²) in [5, 5.41) is 8.97. The number of esters is 1. The van der Waals surface area contributed by atoms with Crippen LogP contribution in [0.5, 0.6) is 0 Å². The number of likely N-dealkylation sites (N-methyl/N-ethyl adjacent to an activating group) is 1. The molecule has 0 radical (unpaired) electrons. The van der Waals surface area contributed by atoms with Crippen molar-refractivity contribution in [3.05, 3.63) is 12.2 Å². The van der Waals surface area contributed by atoms with E-state index >= 15 is 0 Å². The zero-order valence-corrected chi connectivity index (χ0v) is 11.3. The maximum atomic E-state index is 11.4. The van der Waals surface area contributed by atoms with Crippen molar-refractivity contribution in [3.63, 3.8) is 0 Å². The number of rotatable bonds is 6. The zero-order chi connectivity index (χ0) is 13.9. The van der Waals surface area contributed by atoms with Gasteiger partial charge in [0, 0.05) is 12.6 Å². The summed E-state index contributed by atoms with van der Waals surface area (Å²) in [6.07, 6.45) is 2.99. The molecule has 1 N–H and O–H groups in total. The monoisotopic (exact) mass is 255 g/mol. The molecule has 1 aliphatic rings. The highest BCUT2D eigenvalue weighted by molar-refractivity contribution is 5.83. The molecule has 0 spiro atoms. The molecule has 102 valence electrons. The number of aliphatic carboxylic acids is 1. The summed E-state index contributed by atoms with van der Waals surface area (Å²) in [4.78, 5) is 24.2. The Bertz CT molecular complexity index is 360. The Labute approximate surface area is 107 Å². The molecule has 0 saturated heterocycles. The van der Waals surface area contributed by atoms with Gasteiger partial charge in [-0.3, -0.25) is 4.79 Å². The van der Waals surface area contributed by atoms with Gasteiger partial charge >= 0.3 is 11.9 Å². The topological polar surface area (TPSA) is 66.8 Å². The molecule has 0 heterocycles. The average Bonchev–Trinajstić information content (AvgIpc) is 2.77. The van der Waals surface area contributed by atoms with E-state index in [0.29, 0.717) is 13.2 Å². The van der Waals surface area contributed by atoms with Crippen LogP contribution in [-0.2, 0) is 14.3 Å². The summed E-state index contributed by atoms with van der Waals surface area (Å²) in [6, 6.07) is 0. The van der Waals surface area contributed by atoms with Crippen LogP contribution >= 0.6 is 0 Å². The van der Waals surface area contributed by atoms with E-state index in [1.165, 1.54) is 6.08 Å². The van der Waals surface area contributed by atoms with Crippen molar-refractivity contribution >= 4 is 11.9 Å². The first kappa shape index (κ1) is 14.7. The number of carboxylic acids is 1. The molecule has 0 aromatic heterocycles. The van der Waals surface area contributed by atoms with Gasteiger partial charge in [0.1, 0.15) is 6.61 Å². The van der Waals surface area contributed by atoms with Crippen molar-refractivity contribution < 1.29 is 19.4 Å². The lowest BCUT2D eigenvalue weighted by atomic mass is 10.1. The molecule has 2 atom stereocenters. The predicted molar refractivity (Wildman–Crippen MR) is 67.0 cm³/mol. The van der Waals surface area contributed by atoms with Crippen LogP contribution in [0.2, 0.25) is 0 Å². The van der Waals surface area contributed by atoms with Gasteiger partial charge in [0.15, 0.2) is 0 Å². The Balaban J connectivity index is 2.37. The van der Waals surface area contributed by atoms with Gasteiger partial charge in [0.05, 0.1) is 5.92 Å². The van der Waals surface area contributed by atoms with Crippen LogP contribution in [0, 0.1) is 17.3 Å². The first-order chi connectivity index (χ1) is 8.26. The quantitative estimate of drug-likeness (QED) is 0.566. The number of hydrogen-bond acceptors (Lipinski definition) is 4. The van der Waals surface area contributed by atoms with Crippen LogP contribution in [0.25, 0.3) is 0 Å². The Morgan fingerprint density at radius 2 is 2.00 bits per heavy atom. The third kappa shape index (κ3) is 3.57. The van der Waals surface area contributed by atoms with Crippen LogP contribution < -0.4 is 0 Å². The van der Waals surface area contributed by atoms with E-state index < -0.39 is 17.9 Å². The summed E-state index contributed by atoms with van der Waals surface area (Å²) in [5.41, 5.74) is -0.272. The molecular weight excluding hydrogens is 234 g/mol. The van der Waals surface area contributed by atoms with Crippen molar-refractivity contribution in [2.24, 2.45) is 17.3 Å². The van der Waals surface area contributed by atoms with Gasteiger partial charge in [-0.05, 0) is 25.4 Å². The van der Waals surface area contributed by atoms with Crippen molar-refractivity contribution in [3.8, 4) is 0 Å². The molecule has 1 aliphatic carbocycles. The van der Waals surface area contributed by atoms with Gasteiger partial charge in [0.25, 0.3) is 0 Å². The lowest BCUT2D eigenvalue weighted by molar-refractivity contribution is -0.140. The molecule has 0 amide bonds. The number of nitrogens with zero attached hydrogens (tertiary/aromatic N) is 1. The number of allylic oxidation sites excluding steroid dienone is 1. The van der Waals surface area contributed by atoms with E-state index in [0.717, 1.165) is 0 Å². The second-order valence-corrected chi connectivity index (χ2v) is 5.49. The fourth-order valence-electron chi connectivity index (χ4n) is 2.07. The first-order valence-corrected chi connectivity index (χ1v) is 5.99. The van der Waals surface area contributed by atoms with E-state index in [1.807, 2.05) is 32.8 Å². The zero-order valence-electron chi connectivity index (χ0n) is 11.3. The highest BCUT2D eigenvalue weighted by Crippen LogP contribution is 2.58. The smallest absolute Gasteiger partial charge is 0.330 e. The van der Waals surface area contributed by atoms with E-state index in [-0.39, 0.29) is 11.3 Å². The van der Waals surface area contributed by atoms with Gasteiger partial charge in [-0.1, -0.05) is 19.9 Å². The SMILES string of the molecule is CN(C)CCOC(=O)/C=C\C1C(C(=O)O)C1(C)C. The summed E-state index contributed by atoms with van der Waals surface area (Å²) in [7, 11) is 3.79. The van der Waals surface area contributed by atoms with Gasteiger partial charge < -0.3 is 14.7 Å². The summed E-state index contributed by atoms with van der Waals surface area (Å²) in [6.45, 7) is 4.79. The number of ether oxygens (including phenoxy) is 1. The molecule has 1 fully saturated rings. The molecule has 0 aromatic rings. The van der Waals surface area contributed by atoms with Crippen LogP contribution in [0.4, 0.5) is 0 Å².